The summed E-state index contributed by atoms with van der Waals surface area (Å²) in [6.07, 6.45) is 3.83. The van der Waals surface area contributed by atoms with Gasteiger partial charge in [-0.1, -0.05) is 24.3 Å². The summed E-state index contributed by atoms with van der Waals surface area (Å²) in [5.74, 6) is 0.182. The number of nitrogens with zero attached hydrogens (tertiary/aromatic N) is 2. The fourth-order valence-corrected chi connectivity index (χ4v) is 3.96. The number of rotatable bonds is 6. The predicted molar refractivity (Wildman–Crippen MR) is 128 cm³/mol. The first kappa shape index (κ1) is 23.8. The lowest BCUT2D eigenvalue weighted by Gasteiger charge is -2.30. The Morgan fingerprint density at radius 2 is 1.94 bits per heavy atom. The third kappa shape index (κ3) is 5.00. The van der Waals surface area contributed by atoms with E-state index in [1.807, 2.05) is 32.1 Å². The molecule has 1 N–H and O–H groups in total. The van der Waals surface area contributed by atoms with E-state index in [4.69, 9.17) is 9.47 Å². The maximum absolute atomic E-state index is 13.3. The molecule has 8 nitrogen and oxygen atoms in total. The minimum Gasteiger partial charge on any atom is -0.493 e. The summed E-state index contributed by atoms with van der Waals surface area (Å²) >= 11 is 0. The van der Waals surface area contributed by atoms with Gasteiger partial charge in [0.15, 0.2) is 11.5 Å². The van der Waals surface area contributed by atoms with Crippen molar-refractivity contribution in [2.75, 3.05) is 38.0 Å². The number of nitrogens with one attached hydrogen (secondary N) is 1. The second-order valence-electron chi connectivity index (χ2n) is 7.84. The number of carbonyl (C=O) groups excluding carboxylic acids is 3. The van der Waals surface area contributed by atoms with E-state index in [-0.39, 0.29) is 36.7 Å². The number of benzene rings is 2. The number of hydrogen-bond donors (Lipinski definition) is 1. The molecule has 0 aliphatic carbocycles. The van der Waals surface area contributed by atoms with Gasteiger partial charge in [-0.05, 0) is 38.1 Å². The van der Waals surface area contributed by atoms with Gasteiger partial charge in [0.25, 0.3) is 5.91 Å². The zero-order valence-corrected chi connectivity index (χ0v) is 19.5. The first-order valence-corrected chi connectivity index (χ1v) is 10.7. The molecule has 8 heteroatoms. The van der Waals surface area contributed by atoms with Crippen molar-refractivity contribution in [1.29, 1.82) is 0 Å². The monoisotopic (exact) mass is 451 g/mol. The third-order valence-corrected chi connectivity index (χ3v) is 5.45. The highest BCUT2D eigenvalue weighted by Gasteiger charge is 2.31. The molecular formula is C25H29N3O5. The molecule has 0 saturated carbocycles. The van der Waals surface area contributed by atoms with Crippen LogP contribution in [0.15, 0.2) is 42.5 Å². The van der Waals surface area contributed by atoms with E-state index in [1.54, 1.807) is 42.3 Å². The molecular weight excluding hydrogens is 422 g/mol. The van der Waals surface area contributed by atoms with E-state index in [0.717, 1.165) is 0 Å². The molecule has 3 amide bonds. The SMILES string of the molecule is C/C=C/c1cc(C(=O)N(C)CC(=O)N2c3ccccc3NC(=O)CC2C)cc(OC)c1OC. The summed E-state index contributed by atoms with van der Waals surface area (Å²) in [7, 11) is 4.62. The minimum absolute atomic E-state index is 0.154. The maximum atomic E-state index is 13.3. The van der Waals surface area contributed by atoms with Gasteiger partial charge in [0.1, 0.15) is 6.54 Å². The molecule has 0 radical (unpaired) electrons. The Bertz CT molecular complexity index is 1100. The van der Waals surface area contributed by atoms with Crippen LogP contribution in [0.25, 0.3) is 6.08 Å². The van der Waals surface area contributed by atoms with E-state index < -0.39 is 0 Å². The van der Waals surface area contributed by atoms with Crippen molar-refractivity contribution in [3.05, 3.63) is 53.6 Å². The lowest BCUT2D eigenvalue weighted by molar-refractivity contribution is -0.119. The highest BCUT2D eigenvalue weighted by atomic mass is 16.5. The van der Waals surface area contributed by atoms with E-state index >= 15 is 0 Å². The average molecular weight is 452 g/mol. The number of para-hydroxylation sites is 2. The van der Waals surface area contributed by atoms with Crippen LogP contribution in [-0.2, 0) is 9.59 Å². The van der Waals surface area contributed by atoms with Gasteiger partial charge in [0.05, 0.1) is 25.6 Å². The maximum Gasteiger partial charge on any atom is 0.254 e. The predicted octanol–water partition coefficient (Wildman–Crippen LogP) is 3.57. The van der Waals surface area contributed by atoms with Crippen molar-refractivity contribution in [1.82, 2.24) is 4.90 Å². The fourth-order valence-electron chi connectivity index (χ4n) is 3.96. The molecule has 0 bridgehead atoms. The van der Waals surface area contributed by atoms with Gasteiger partial charge < -0.3 is 24.6 Å². The van der Waals surface area contributed by atoms with Crippen molar-refractivity contribution in [2.45, 2.75) is 26.3 Å². The van der Waals surface area contributed by atoms with E-state index in [9.17, 15) is 14.4 Å². The van der Waals surface area contributed by atoms with Crippen LogP contribution < -0.4 is 19.7 Å². The van der Waals surface area contributed by atoms with Crippen molar-refractivity contribution in [3.63, 3.8) is 0 Å². The Labute approximate surface area is 193 Å². The van der Waals surface area contributed by atoms with Gasteiger partial charge in [0, 0.05) is 30.6 Å². The molecule has 1 aliphatic heterocycles. The number of anilines is 2. The van der Waals surface area contributed by atoms with E-state index in [0.29, 0.717) is 34.0 Å². The summed E-state index contributed by atoms with van der Waals surface area (Å²) in [6.45, 7) is 3.53. The van der Waals surface area contributed by atoms with Crippen molar-refractivity contribution >= 4 is 35.2 Å². The number of fused-ring (bicyclic) bond motifs is 1. The number of hydrogen-bond acceptors (Lipinski definition) is 5. The van der Waals surface area contributed by atoms with Crippen LogP contribution in [0.2, 0.25) is 0 Å². The number of amides is 3. The smallest absolute Gasteiger partial charge is 0.254 e. The Balaban J connectivity index is 1.87. The molecule has 1 heterocycles. The molecule has 0 spiro atoms. The van der Waals surface area contributed by atoms with Gasteiger partial charge in [-0.2, -0.15) is 0 Å². The normalized spacial score (nSPS) is 15.5. The molecule has 174 valence electrons. The summed E-state index contributed by atoms with van der Waals surface area (Å²) in [6, 6.07) is 10.1. The zero-order chi connectivity index (χ0) is 24.1. The molecule has 1 unspecified atom stereocenters. The second-order valence-corrected chi connectivity index (χ2v) is 7.84. The van der Waals surface area contributed by atoms with Crippen LogP contribution >= 0.6 is 0 Å². The quantitative estimate of drug-likeness (QED) is 0.725. The third-order valence-electron chi connectivity index (χ3n) is 5.45. The molecule has 2 aromatic rings. The van der Waals surface area contributed by atoms with E-state index in [1.165, 1.54) is 19.1 Å². The first-order valence-electron chi connectivity index (χ1n) is 10.7. The molecule has 0 aromatic heterocycles. The van der Waals surface area contributed by atoms with Crippen LogP contribution in [0.1, 0.15) is 36.2 Å². The lowest BCUT2D eigenvalue weighted by atomic mass is 10.1. The van der Waals surface area contributed by atoms with E-state index in [2.05, 4.69) is 5.32 Å². The summed E-state index contributed by atoms with van der Waals surface area (Å²) < 4.78 is 10.8. The van der Waals surface area contributed by atoms with Crippen LogP contribution in [0.3, 0.4) is 0 Å². The molecule has 33 heavy (non-hydrogen) atoms. The standard InChI is InChI=1S/C25H29N3O5/c1-6-9-17-13-18(14-21(32-4)24(17)33-5)25(31)27(3)15-23(30)28-16(2)12-22(29)26-19-10-7-8-11-20(19)28/h6-11,13-14,16H,12,15H2,1-5H3,(H,26,29)/b9-6+. The summed E-state index contributed by atoms with van der Waals surface area (Å²) in [5, 5.41) is 2.84. The van der Waals surface area contributed by atoms with Crippen molar-refractivity contribution < 1.29 is 23.9 Å². The Kier molecular flexibility index (Phi) is 7.37. The average Bonchev–Trinajstić information content (AvgIpc) is 2.92. The molecule has 0 saturated heterocycles. The van der Waals surface area contributed by atoms with Crippen LogP contribution in [-0.4, -0.2) is 56.5 Å². The Morgan fingerprint density at radius 3 is 2.61 bits per heavy atom. The first-order chi connectivity index (χ1) is 15.8. The van der Waals surface area contributed by atoms with Gasteiger partial charge in [-0.15, -0.1) is 0 Å². The van der Waals surface area contributed by atoms with Crippen LogP contribution in [0.4, 0.5) is 11.4 Å². The second kappa shape index (κ2) is 10.2. The number of methoxy groups -OCH3 is 2. The highest BCUT2D eigenvalue weighted by molar-refractivity contribution is 6.06. The minimum atomic E-state index is -0.355. The largest absolute Gasteiger partial charge is 0.493 e. The molecule has 1 aliphatic rings. The topological polar surface area (TPSA) is 88.2 Å². The van der Waals surface area contributed by atoms with Crippen LogP contribution in [0, 0.1) is 0 Å². The van der Waals surface area contributed by atoms with Crippen molar-refractivity contribution in [3.8, 4) is 11.5 Å². The summed E-state index contributed by atoms with van der Waals surface area (Å²) in [4.78, 5) is 41.6. The fraction of sp³-hybridized carbons (Fsp3) is 0.320. The Morgan fingerprint density at radius 1 is 1.21 bits per heavy atom. The van der Waals surface area contributed by atoms with Gasteiger partial charge >= 0.3 is 0 Å². The van der Waals surface area contributed by atoms with Crippen LogP contribution in [0.5, 0.6) is 11.5 Å². The number of carbonyl (C=O) groups is 3. The molecule has 0 fully saturated rings. The van der Waals surface area contributed by atoms with Crippen molar-refractivity contribution in [2.24, 2.45) is 0 Å². The molecule has 3 rings (SSSR count). The molecule has 2 aromatic carbocycles. The highest BCUT2D eigenvalue weighted by Crippen LogP contribution is 2.34. The molecule has 1 atom stereocenters. The number of allylic oxidation sites excluding steroid dienone is 1. The summed E-state index contributed by atoms with van der Waals surface area (Å²) in [5.41, 5.74) is 2.26. The number of likely N-dealkylation sites (N-methyl/N-ethyl adjacent to an activating group) is 1. The van der Waals surface area contributed by atoms with Gasteiger partial charge in [-0.25, -0.2) is 0 Å². The number of ether oxygens (including phenoxy) is 2. The van der Waals surface area contributed by atoms with Gasteiger partial charge in [-0.3, -0.25) is 14.4 Å². The lowest BCUT2D eigenvalue weighted by Crippen LogP contribution is -2.45. The Hall–Kier alpha value is -3.81. The van der Waals surface area contributed by atoms with Gasteiger partial charge in [0.2, 0.25) is 11.8 Å². The zero-order valence-electron chi connectivity index (χ0n) is 19.5.